The summed E-state index contributed by atoms with van der Waals surface area (Å²) in [5.74, 6) is 0.00314. The molecule has 2 aromatic rings. The van der Waals surface area contributed by atoms with Gasteiger partial charge in [0.25, 0.3) is 0 Å². The molecular weight excluding hydrogens is 294 g/mol. The van der Waals surface area contributed by atoms with E-state index in [1.54, 1.807) is 11.3 Å². The van der Waals surface area contributed by atoms with Crippen LogP contribution in [0.3, 0.4) is 0 Å². The molecule has 0 bridgehead atoms. The van der Waals surface area contributed by atoms with Gasteiger partial charge >= 0.3 is 5.97 Å². The third kappa shape index (κ3) is 3.40. The molecule has 1 N–H and O–H groups in total. The summed E-state index contributed by atoms with van der Waals surface area (Å²) in [6.45, 7) is 5.01. The van der Waals surface area contributed by atoms with E-state index < -0.39 is 5.97 Å². The molecule has 0 saturated carbocycles. The SMILES string of the molecule is CCCn1c(SCC(=O)O)nnc1-c1ccc(CC)s1. The molecule has 0 aliphatic heterocycles. The summed E-state index contributed by atoms with van der Waals surface area (Å²) in [6.07, 6.45) is 1.96. The zero-order valence-corrected chi connectivity index (χ0v) is 13.1. The van der Waals surface area contributed by atoms with Crippen molar-refractivity contribution in [2.24, 2.45) is 0 Å². The molecule has 7 heteroatoms. The fraction of sp³-hybridized carbons (Fsp3) is 0.462. The summed E-state index contributed by atoms with van der Waals surface area (Å²) in [5, 5.41) is 17.8. The van der Waals surface area contributed by atoms with Crippen LogP contribution >= 0.6 is 23.1 Å². The second-order valence-electron chi connectivity index (χ2n) is 4.26. The molecule has 0 amide bonds. The second-order valence-corrected chi connectivity index (χ2v) is 6.37. The van der Waals surface area contributed by atoms with Crippen molar-refractivity contribution in [3.63, 3.8) is 0 Å². The summed E-state index contributed by atoms with van der Waals surface area (Å²) in [5.41, 5.74) is 0. The van der Waals surface area contributed by atoms with Gasteiger partial charge in [0, 0.05) is 11.4 Å². The molecule has 0 aliphatic rings. The van der Waals surface area contributed by atoms with Gasteiger partial charge in [0.05, 0.1) is 10.6 Å². The number of aromatic nitrogens is 3. The van der Waals surface area contributed by atoms with Crippen LogP contribution < -0.4 is 0 Å². The summed E-state index contributed by atoms with van der Waals surface area (Å²) < 4.78 is 2.01. The van der Waals surface area contributed by atoms with Crippen LogP contribution in [0.2, 0.25) is 0 Å². The third-order valence-corrected chi connectivity index (χ3v) is 4.90. The van der Waals surface area contributed by atoms with Crippen molar-refractivity contribution in [2.75, 3.05) is 5.75 Å². The molecule has 2 rings (SSSR count). The first-order valence-electron chi connectivity index (χ1n) is 6.52. The van der Waals surface area contributed by atoms with Crippen LogP contribution in [0.25, 0.3) is 10.7 Å². The van der Waals surface area contributed by atoms with E-state index in [1.165, 1.54) is 16.6 Å². The number of aryl methyl sites for hydroxylation is 1. The van der Waals surface area contributed by atoms with Gasteiger partial charge in [-0.25, -0.2) is 0 Å². The minimum atomic E-state index is -0.841. The van der Waals surface area contributed by atoms with Gasteiger partial charge in [-0.15, -0.1) is 21.5 Å². The minimum Gasteiger partial charge on any atom is -0.481 e. The molecule has 108 valence electrons. The van der Waals surface area contributed by atoms with Crippen molar-refractivity contribution < 1.29 is 9.90 Å². The average molecular weight is 311 g/mol. The van der Waals surface area contributed by atoms with Crippen LogP contribution in [0.4, 0.5) is 0 Å². The molecule has 0 aliphatic carbocycles. The molecule has 2 aromatic heterocycles. The number of carbonyl (C=O) groups is 1. The first-order chi connectivity index (χ1) is 9.65. The quantitative estimate of drug-likeness (QED) is 0.796. The van der Waals surface area contributed by atoms with Gasteiger partial charge in [-0.1, -0.05) is 25.6 Å². The Labute approximate surface area is 126 Å². The summed E-state index contributed by atoms with van der Waals surface area (Å²) in [7, 11) is 0. The van der Waals surface area contributed by atoms with Crippen LogP contribution in [-0.2, 0) is 17.8 Å². The predicted molar refractivity (Wildman–Crippen MR) is 81.4 cm³/mol. The van der Waals surface area contributed by atoms with Crippen molar-refractivity contribution in [3.05, 3.63) is 17.0 Å². The highest BCUT2D eigenvalue weighted by Crippen LogP contribution is 2.30. The van der Waals surface area contributed by atoms with Gasteiger partial charge in [0.1, 0.15) is 0 Å². The molecule has 20 heavy (non-hydrogen) atoms. The lowest BCUT2D eigenvalue weighted by Gasteiger charge is -2.06. The number of hydrogen-bond donors (Lipinski definition) is 1. The molecule has 0 saturated heterocycles. The van der Waals surface area contributed by atoms with Crippen molar-refractivity contribution in [1.29, 1.82) is 0 Å². The van der Waals surface area contributed by atoms with E-state index in [0.29, 0.717) is 5.16 Å². The van der Waals surface area contributed by atoms with Gasteiger partial charge in [-0.3, -0.25) is 4.79 Å². The molecule has 2 heterocycles. The van der Waals surface area contributed by atoms with E-state index in [2.05, 4.69) is 36.2 Å². The lowest BCUT2D eigenvalue weighted by atomic mass is 10.3. The Morgan fingerprint density at radius 3 is 2.80 bits per heavy atom. The largest absolute Gasteiger partial charge is 0.481 e. The van der Waals surface area contributed by atoms with E-state index in [-0.39, 0.29) is 5.75 Å². The lowest BCUT2D eigenvalue weighted by molar-refractivity contribution is -0.133. The van der Waals surface area contributed by atoms with Crippen LogP contribution in [0.5, 0.6) is 0 Å². The van der Waals surface area contributed by atoms with Gasteiger partial charge < -0.3 is 9.67 Å². The molecule has 5 nitrogen and oxygen atoms in total. The summed E-state index contributed by atoms with van der Waals surface area (Å²) >= 11 is 2.93. The monoisotopic (exact) mass is 311 g/mol. The number of aliphatic carboxylic acids is 1. The number of thioether (sulfide) groups is 1. The van der Waals surface area contributed by atoms with Crippen LogP contribution in [0.15, 0.2) is 17.3 Å². The zero-order chi connectivity index (χ0) is 14.5. The van der Waals surface area contributed by atoms with Gasteiger partial charge in [0.15, 0.2) is 11.0 Å². The molecule has 0 atom stereocenters. The van der Waals surface area contributed by atoms with Crippen molar-refractivity contribution >= 4 is 29.1 Å². The Balaban J connectivity index is 2.30. The average Bonchev–Trinajstić information content (AvgIpc) is 3.03. The van der Waals surface area contributed by atoms with E-state index in [1.807, 2.05) is 4.57 Å². The smallest absolute Gasteiger partial charge is 0.313 e. The maximum absolute atomic E-state index is 10.7. The lowest BCUT2D eigenvalue weighted by Crippen LogP contribution is -2.04. The maximum atomic E-state index is 10.7. The summed E-state index contributed by atoms with van der Waals surface area (Å²) in [4.78, 5) is 13.1. The second kappa shape index (κ2) is 6.90. The number of carboxylic acids is 1. The van der Waals surface area contributed by atoms with E-state index in [4.69, 9.17) is 5.11 Å². The van der Waals surface area contributed by atoms with Gasteiger partial charge in [0.2, 0.25) is 0 Å². The zero-order valence-electron chi connectivity index (χ0n) is 11.5. The van der Waals surface area contributed by atoms with Crippen LogP contribution in [0, 0.1) is 0 Å². The molecule has 0 fully saturated rings. The van der Waals surface area contributed by atoms with Crippen LogP contribution in [0.1, 0.15) is 25.1 Å². The molecular formula is C13H17N3O2S2. The minimum absolute atomic E-state index is 0.00645. The Hall–Kier alpha value is -1.34. The third-order valence-electron chi connectivity index (χ3n) is 2.72. The van der Waals surface area contributed by atoms with Crippen molar-refractivity contribution in [1.82, 2.24) is 14.8 Å². The normalized spacial score (nSPS) is 10.9. The Morgan fingerprint density at radius 1 is 1.40 bits per heavy atom. The van der Waals surface area contributed by atoms with Gasteiger partial charge in [-0.05, 0) is 25.0 Å². The number of carboxylic acid groups (broad SMARTS) is 1. The van der Waals surface area contributed by atoms with E-state index in [9.17, 15) is 4.79 Å². The fourth-order valence-electron chi connectivity index (χ4n) is 1.82. The van der Waals surface area contributed by atoms with E-state index >= 15 is 0 Å². The highest BCUT2D eigenvalue weighted by atomic mass is 32.2. The Bertz CT molecular complexity index is 592. The first kappa shape index (κ1) is 15.1. The number of thiophene rings is 1. The molecule has 0 radical (unpaired) electrons. The Morgan fingerprint density at radius 2 is 2.20 bits per heavy atom. The van der Waals surface area contributed by atoms with Crippen molar-refractivity contribution in [3.8, 4) is 10.7 Å². The molecule has 0 aromatic carbocycles. The number of nitrogens with zero attached hydrogens (tertiary/aromatic N) is 3. The van der Waals surface area contributed by atoms with E-state index in [0.717, 1.165) is 30.1 Å². The number of hydrogen-bond acceptors (Lipinski definition) is 5. The molecule has 0 unspecified atom stereocenters. The Kier molecular flexibility index (Phi) is 5.19. The number of rotatable bonds is 7. The maximum Gasteiger partial charge on any atom is 0.313 e. The highest BCUT2D eigenvalue weighted by molar-refractivity contribution is 7.99. The topological polar surface area (TPSA) is 68.0 Å². The molecule has 0 spiro atoms. The summed E-state index contributed by atoms with van der Waals surface area (Å²) in [6, 6.07) is 4.17. The fourth-order valence-corrected chi connectivity index (χ4v) is 3.44. The van der Waals surface area contributed by atoms with Gasteiger partial charge in [-0.2, -0.15) is 0 Å². The predicted octanol–water partition coefficient (Wildman–Crippen LogP) is 3.16. The van der Waals surface area contributed by atoms with Crippen LogP contribution in [-0.4, -0.2) is 31.6 Å². The first-order valence-corrected chi connectivity index (χ1v) is 8.32. The standard InChI is InChI=1S/C13H17N3O2S2/c1-3-7-16-12(10-6-5-9(4-2)20-10)14-15-13(16)19-8-11(17)18/h5-6H,3-4,7-8H2,1-2H3,(H,17,18). The highest BCUT2D eigenvalue weighted by Gasteiger charge is 2.16. The van der Waals surface area contributed by atoms with Crippen molar-refractivity contribution in [2.45, 2.75) is 38.4 Å².